The Morgan fingerprint density at radius 1 is 1.13 bits per heavy atom. The second-order valence-electron chi connectivity index (χ2n) is 10.9. The molecule has 6 nitrogen and oxygen atoms in total. The summed E-state index contributed by atoms with van der Waals surface area (Å²) in [6, 6.07) is 8.42. The van der Waals surface area contributed by atoms with Gasteiger partial charge >= 0.3 is 6.18 Å². The number of amides is 1. The van der Waals surface area contributed by atoms with Gasteiger partial charge in [-0.25, -0.2) is 8.42 Å². The van der Waals surface area contributed by atoms with E-state index in [4.69, 9.17) is 0 Å². The zero-order valence-electron chi connectivity index (χ0n) is 22.1. The summed E-state index contributed by atoms with van der Waals surface area (Å²) >= 11 is 0. The molecule has 1 aliphatic heterocycles. The molecule has 10 heteroatoms. The molecule has 1 N–H and O–H groups in total. The third-order valence-corrected chi connectivity index (χ3v) is 9.61. The van der Waals surface area contributed by atoms with E-state index in [1.54, 1.807) is 37.4 Å². The predicted molar refractivity (Wildman–Crippen MR) is 139 cm³/mol. The Bertz CT molecular complexity index is 1240. The number of nitrogens with one attached hydrogen (secondary N) is 1. The first kappa shape index (κ1) is 28.5. The van der Waals surface area contributed by atoms with Crippen LogP contribution in [0.2, 0.25) is 0 Å². The van der Waals surface area contributed by atoms with E-state index in [1.807, 2.05) is 6.07 Å². The third-order valence-electron chi connectivity index (χ3n) is 7.86. The van der Waals surface area contributed by atoms with Gasteiger partial charge in [-0.15, -0.1) is 0 Å². The number of nitrogens with zero attached hydrogens (tertiary/aromatic N) is 2. The molecule has 1 aromatic heterocycles. The van der Waals surface area contributed by atoms with E-state index in [0.29, 0.717) is 24.9 Å². The first-order valence-corrected chi connectivity index (χ1v) is 14.9. The summed E-state index contributed by atoms with van der Waals surface area (Å²) in [7, 11) is -3.27. The van der Waals surface area contributed by atoms with Gasteiger partial charge in [0.25, 0.3) is 5.91 Å². The lowest BCUT2D eigenvalue weighted by molar-refractivity contribution is -0.184. The lowest BCUT2D eigenvalue weighted by Gasteiger charge is -2.35. The maximum atomic E-state index is 13.1. The number of hydrogen-bond donors (Lipinski definition) is 1. The first-order chi connectivity index (χ1) is 17.9. The summed E-state index contributed by atoms with van der Waals surface area (Å²) in [4.78, 5) is 20.1. The molecule has 0 bridgehead atoms. The highest BCUT2D eigenvalue weighted by atomic mass is 32.2. The summed E-state index contributed by atoms with van der Waals surface area (Å²) in [6.45, 7) is 7.44. The van der Waals surface area contributed by atoms with Gasteiger partial charge in [0.15, 0.2) is 9.84 Å². The van der Waals surface area contributed by atoms with E-state index >= 15 is 0 Å². The number of pyridine rings is 1. The highest BCUT2D eigenvalue weighted by Gasteiger charge is 2.42. The standard InChI is InChI=1S/C28H36F3N3O3S/c1-4-38(36,37)24-11-7-19(8-12-24)14-33-27(35)21-13-22-17-34(26(18(2)3)25(22)32-15-21)16-20-5-9-23(10-6-20)28(29,30)31/h7-8,11-13,15,18,20,23,26H,4-6,9-10,14,16-17H2,1-3H3,(H,33,35)/t20-,23-,26-/m0/s1. The highest BCUT2D eigenvalue weighted by molar-refractivity contribution is 7.91. The SMILES string of the molecule is CCS(=O)(=O)c1ccc(CNC(=O)c2cnc3c(c2)CN(C[C@H]2CC[C@H](C(F)(F)F)CC2)[C@H]3C(C)C)cc1. The van der Waals surface area contributed by atoms with Crippen molar-refractivity contribution in [2.24, 2.45) is 17.8 Å². The van der Waals surface area contributed by atoms with Crippen molar-refractivity contribution in [3.8, 4) is 0 Å². The van der Waals surface area contributed by atoms with Crippen LogP contribution in [0.3, 0.4) is 0 Å². The number of sulfone groups is 1. The molecule has 1 aromatic carbocycles. The van der Waals surface area contributed by atoms with Crippen LogP contribution in [0.5, 0.6) is 0 Å². The Hall–Kier alpha value is -2.46. The van der Waals surface area contributed by atoms with Crippen LogP contribution in [0.4, 0.5) is 13.2 Å². The minimum Gasteiger partial charge on any atom is -0.348 e. The average Bonchev–Trinajstić information content (AvgIpc) is 3.24. The number of carbonyl (C=O) groups is 1. The fraction of sp³-hybridized carbons (Fsp3) is 0.571. The molecule has 1 atom stereocenters. The van der Waals surface area contributed by atoms with Gasteiger partial charge in [0.1, 0.15) is 0 Å². The summed E-state index contributed by atoms with van der Waals surface area (Å²) in [6.07, 6.45) is -0.974. The number of hydrogen-bond acceptors (Lipinski definition) is 5. The number of halogens is 3. The Labute approximate surface area is 222 Å². The zero-order valence-corrected chi connectivity index (χ0v) is 22.9. The summed E-state index contributed by atoms with van der Waals surface area (Å²) in [5.41, 5.74) is 3.15. The highest BCUT2D eigenvalue weighted by Crippen LogP contribution is 2.43. The van der Waals surface area contributed by atoms with Crippen LogP contribution in [0, 0.1) is 17.8 Å². The summed E-state index contributed by atoms with van der Waals surface area (Å²) in [5, 5.41) is 2.87. The average molecular weight is 552 g/mol. The first-order valence-electron chi connectivity index (χ1n) is 13.3. The van der Waals surface area contributed by atoms with Gasteiger partial charge in [-0.05, 0) is 66.8 Å². The molecule has 1 aliphatic carbocycles. The number of alkyl halides is 3. The maximum Gasteiger partial charge on any atom is 0.391 e. The normalized spacial score (nSPS) is 22.4. The van der Waals surface area contributed by atoms with Crippen LogP contribution in [0.1, 0.15) is 79.7 Å². The molecule has 0 unspecified atom stereocenters. The predicted octanol–water partition coefficient (Wildman–Crippen LogP) is 5.69. The third kappa shape index (κ3) is 6.39. The lowest BCUT2D eigenvalue weighted by atomic mass is 9.81. The molecule has 2 aromatic rings. The van der Waals surface area contributed by atoms with Gasteiger partial charge < -0.3 is 5.32 Å². The number of rotatable bonds is 8. The van der Waals surface area contributed by atoms with Gasteiger partial charge in [0.05, 0.1) is 33.9 Å². The molecule has 0 spiro atoms. The molecule has 0 saturated heterocycles. The zero-order chi connectivity index (χ0) is 27.7. The van der Waals surface area contributed by atoms with Crippen LogP contribution in [-0.4, -0.2) is 42.7 Å². The molecular weight excluding hydrogens is 515 g/mol. The Kier molecular flexibility index (Phi) is 8.52. The summed E-state index contributed by atoms with van der Waals surface area (Å²) in [5.74, 6) is -0.918. The number of carbonyl (C=O) groups excluding carboxylic acids is 1. The van der Waals surface area contributed by atoms with Crippen molar-refractivity contribution < 1.29 is 26.4 Å². The molecule has 1 fully saturated rings. The topological polar surface area (TPSA) is 79.4 Å². The largest absolute Gasteiger partial charge is 0.391 e. The van der Waals surface area contributed by atoms with Crippen LogP contribution in [0.25, 0.3) is 0 Å². The van der Waals surface area contributed by atoms with Gasteiger partial charge in [-0.1, -0.05) is 32.9 Å². The second-order valence-corrected chi connectivity index (χ2v) is 13.2. The van der Waals surface area contributed by atoms with Gasteiger partial charge in [-0.3, -0.25) is 14.7 Å². The Morgan fingerprint density at radius 3 is 2.37 bits per heavy atom. The lowest BCUT2D eigenvalue weighted by Crippen LogP contribution is -2.35. The maximum absolute atomic E-state index is 13.1. The van der Waals surface area contributed by atoms with Crippen molar-refractivity contribution in [2.45, 2.75) is 76.7 Å². The van der Waals surface area contributed by atoms with E-state index in [1.165, 1.54) is 0 Å². The van der Waals surface area contributed by atoms with E-state index in [-0.39, 0.29) is 53.8 Å². The number of fused-ring (bicyclic) bond motifs is 1. The molecule has 38 heavy (non-hydrogen) atoms. The van der Waals surface area contributed by atoms with Gasteiger partial charge in [0.2, 0.25) is 0 Å². The molecule has 4 rings (SSSR count). The molecule has 2 aliphatic rings. The fourth-order valence-corrected chi connectivity index (χ4v) is 6.60. The van der Waals surface area contributed by atoms with Crippen LogP contribution >= 0.6 is 0 Å². The van der Waals surface area contributed by atoms with Crippen molar-refractivity contribution in [2.75, 3.05) is 12.3 Å². The number of benzene rings is 1. The van der Waals surface area contributed by atoms with Crippen molar-refractivity contribution in [1.29, 1.82) is 0 Å². The van der Waals surface area contributed by atoms with Crippen LogP contribution in [0.15, 0.2) is 41.4 Å². The molecular formula is C28H36F3N3O3S. The van der Waals surface area contributed by atoms with E-state index in [9.17, 15) is 26.4 Å². The smallest absolute Gasteiger partial charge is 0.348 e. The Morgan fingerprint density at radius 2 is 1.79 bits per heavy atom. The van der Waals surface area contributed by atoms with E-state index in [0.717, 1.165) is 23.4 Å². The monoisotopic (exact) mass is 551 g/mol. The van der Waals surface area contributed by atoms with Crippen LogP contribution < -0.4 is 5.32 Å². The van der Waals surface area contributed by atoms with Crippen LogP contribution in [-0.2, 0) is 22.9 Å². The molecule has 1 saturated carbocycles. The van der Waals surface area contributed by atoms with Gasteiger partial charge in [0, 0.05) is 25.8 Å². The molecule has 0 radical (unpaired) electrons. The van der Waals surface area contributed by atoms with Crippen molar-refractivity contribution >= 4 is 15.7 Å². The molecule has 2 heterocycles. The van der Waals surface area contributed by atoms with Crippen molar-refractivity contribution in [3.63, 3.8) is 0 Å². The molecule has 208 valence electrons. The Balaban J connectivity index is 1.38. The summed E-state index contributed by atoms with van der Waals surface area (Å²) < 4.78 is 63.2. The second kappa shape index (κ2) is 11.3. The minimum absolute atomic E-state index is 0.0304. The quantitative estimate of drug-likeness (QED) is 0.456. The van der Waals surface area contributed by atoms with Crippen molar-refractivity contribution in [1.82, 2.24) is 15.2 Å². The minimum atomic E-state index is -4.10. The van der Waals surface area contributed by atoms with Crippen molar-refractivity contribution in [3.05, 3.63) is 58.9 Å². The molecule has 1 amide bonds. The number of aromatic nitrogens is 1. The van der Waals surface area contributed by atoms with Gasteiger partial charge in [-0.2, -0.15) is 13.2 Å². The fourth-order valence-electron chi connectivity index (χ4n) is 5.71. The van der Waals surface area contributed by atoms with E-state index in [2.05, 4.69) is 29.0 Å². The van der Waals surface area contributed by atoms with E-state index < -0.39 is 21.9 Å².